The van der Waals surface area contributed by atoms with E-state index in [1.807, 2.05) is 6.92 Å². The summed E-state index contributed by atoms with van der Waals surface area (Å²) < 4.78 is 20.3. The molecule has 9 nitrogen and oxygen atoms in total. The minimum Gasteiger partial charge on any atom is -0.490 e. The number of benzene rings is 1. The van der Waals surface area contributed by atoms with Crippen LogP contribution < -0.4 is 9.47 Å². The molecule has 0 aromatic heterocycles. The van der Waals surface area contributed by atoms with Crippen LogP contribution in [-0.2, 0) is 19.1 Å². The van der Waals surface area contributed by atoms with Gasteiger partial charge in [-0.3, -0.25) is 19.7 Å². The maximum Gasteiger partial charge on any atom is 0.320 e. The number of rotatable bonds is 10. The molecular formula is C17H23NO8. The summed E-state index contributed by atoms with van der Waals surface area (Å²) in [5.41, 5.74) is 0.370. The highest BCUT2D eigenvalue weighted by Gasteiger charge is 2.41. The Hall–Kier alpha value is -2.84. The van der Waals surface area contributed by atoms with Gasteiger partial charge in [0.15, 0.2) is 17.4 Å². The number of nitrogens with zero attached hydrogens (tertiary/aromatic N) is 1. The van der Waals surface area contributed by atoms with Crippen LogP contribution in [0.3, 0.4) is 0 Å². The highest BCUT2D eigenvalue weighted by atomic mass is 16.6. The minimum atomic E-state index is -1.47. The summed E-state index contributed by atoms with van der Waals surface area (Å²) in [5.74, 6) is -3.53. The van der Waals surface area contributed by atoms with E-state index in [1.165, 1.54) is 6.07 Å². The van der Waals surface area contributed by atoms with Gasteiger partial charge in [0.2, 0.25) is 6.54 Å². The molecule has 1 aromatic rings. The fraction of sp³-hybridized carbons (Fsp3) is 0.529. The Morgan fingerprint density at radius 3 is 2.04 bits per heavy atom. The summed E-state index contributed by atoms with van der Waals surface area (Å²) >= 11 is 0. The Kier molecular flexibility index (Phi) is 8.33. The van der Waals surface area contributed by atoms with Crippen LogP contribution in [0.4, 0.5) is 0 Å². The van der Waals surface area contributed by atoms with Crippen LogP contribution in [0.1, 0.15) is 25.3 Å². The molecule has 0 aliphatic heterocycles. The van der Waals surface area contributed by atoms with E-state index in [9.17, 15) is 19.7 Å². The van der Waals surface area contributed by atoms with Crippen molar-refractivity contribution in [3.63, 3.8) is 0 Å². The lowest BCUT2D eigenvalue weighted by Crippen LogP contribution is -2.35. The maximum atomic E-state index is 12.1. The predicted octanol–water partition coefficient (Wildman–Crippen LogP) is 1.81. The van der Waals surface area contributed by atoms with Crippen LogP contribution in [-0.4, -0.2) is 50.8 Å². The second-order valence-electron chi connectivity index (χ2n) is 5.22. The molecule has 1 rings (SSSR count). The number of carbonyl (C=O) groups excluding carboxylic acids is 2. The van der Waals surface area contributed by atoms with E-state index in [4.69, 9.17) is 9.47 Å². The minimum absolute atomic E-state index is 0.348. The normalized spacial score (nSPS) is 11.6. The van der Waals surface area contributed by atoms with Gasteiger partial charge in [-0.15, -0.1) is 0 Å². The van der Waals surface area contributed by atoms with Crippen molar-refractivity contribution in [2.24, 2.45) is 5.92 Å². The molecule has 0 saturated carbocycles. The fourth-order valence-corrected chi connectivity index (χ4v) is 2.54. The number of methoxy groups -OCH3 is 2. The van der Waals surface area contributed by atoms with E-state index >= 15 is 0 Å². The largest absolute Gasteiger partial charge is 0.490 e. The first-order chi connectivity index (χ1) is 12.4. The predicted molar refractivity (Wildman–Crippen MR) is 90.9 cm³/mol. The maximum absolute atomic E-state index is 12.1. The standard InChI is InChI=1S/C17H23NO8/c1-5-25-13-8-7-11(9-14(13)26-6-2)12(10-18(21)22)15(16(19)23-3)17(20)24-4/h7-9,12,15H,5-6,10H2,1-4H3. The molecule has 0 bridgehead atoms. The van der Waals surface area contributed by atoms with Gasteiger partial charge in [-0.2, -0.15) is 0 Å². The zero-order valence-electron chi connectivity index (χ0n) is 15.2. The third-order valence-electron chi connectivity index (χ3n) is 3.65. The molecule has 1 unspecified atom stereocenters. The Morgan fingerprint density at radius 2 is 1.58 bits per heavy atom. The van der Waals surface area contributed by atoms with Crippen LogP contribution in [0, 0.1) is 16.0 Å². The van der Waals surface area contributed by atoms with Gasteiger partial charge >= 0.3 is 11.9 Å². The first-order valence-electron chi connectivity index (χ1n) is 8.06. The second kappa shape index (κ2) is 10.2. The lowest BCUT2D eigenvalue weighted by atomic mass is 9.85. The van der Waals surface area contributed by atoms with Crippen molar-refractivity contribution >= 4 is 11.9 Å². The number of hydrogen-bond acceptors (Lipinski definition) is 8. The summed E-state index contributed by atoms with van der Waals surface area (Å²) in [6.07, 6.45) is 0. The second-order valence-corrected chi connectivity index (χ2v) is 5.22. The molecule has 0 heterocycles. The third-order valence-corrected chi connectivity index (χ3v) is 3.65. The average Bonchev–Trinajstić information content (AvgIpc) is 2.62. The van der Waals surface area contributed by atoms with Gasteiger partial charge in [-0.1, -0.05) is 6.07 Å². The van der Waals surface area contributed by atoms with Crippen LogP contribution in [0.15, 0.2) is 18.2 Å². The molecule has 0 amide bonds. The van der Waals surface area contributed by atoms with Gasteiger partial charge in [0.1, 0.15) is 0 Å². The van der Waals surface area contributed by atoms with Crippen molar-refractivity contribution in [3.05, 3.63) is 33.9 Å². The fourth-order valence-electron chi connectivity index (χ4n) is 2.54. The number of ether oxygens (including phenoxy) is 4. The summed E-state index contributed by atoms with van der Waals surface area (Å²) in [6, 6.07) is 4.67. The topological polar surface area (TPSA) is 114 Å². The average molecular weight is 369 g/mol. The van der Waals surface area contributed by atoms with Crippen LogP contribution in [0.25, 0.3) is 0 Å². The van der Waals surface area contributed by atoms with Gasteiger partial charge in [-0.25, -0.2) is 0 Å². The van der Waals surface area contributed by atoms with Crippen LogP contribution in [0.5, 0.6) is 11.5 Å². The van der Waals surface area contributed by atoms with Crippen molar-refractivity contribution < 1.29 is 33.5 Å². The highest BCUT2D eigenvalue weighted by molar-refractivity contribution is 5.96. The van der Waals surface area contributed by atoms with Crippen molar-refractivity contribution in [1.82, 2.24) is 0 Å². The molecule has 144 valence electrons. The van der Waals surface area contributed by atoms with Gasteiger partial charge < -0.3 is 18.9 Å². The third kappa shape index (κ3) is 5.33. The lowest BCUT2D eigenvalue weighted by molar-refractivity contribution is -0.484. The van der Waals surface area contributed by atoms with E-state index in [0.717, 1.165) is 14.2 Å². The SMILES string of the molecule is CCOc1ccc(C(C[N+](=O)[O-])C(C(=O)OC)C(=O)OC)cc1OCC. The molecule has 0 fully saturated rings. The van der Waals surface area contributed by atoms with E-state index in [1.54, 1.807) is 19.1 Å². The highest BCUT2D eigenvalue weighted by Crippen LogP contribution is 2.35. The van der Waals surface area contributed by atoms with Crippen LogP contribution >= 0.6 is 0 Å². The zero-order chi connectivity index (χ0) is 19.7. The summed E-state index contributed by atoms with van der Waals surface area (Å²) in [4.78, 5) is 34.7. The molecule has 0 saturated heterocycles. The van der Waals surface area contributed by atoms with E-state index in [0.29, 0.717) is 30.3 Å². The van der Waals surface area contributed by atoms with Crippen molar-refractivity contribution in [1.29, 1.82) is 0 Å². The quantitative estimate of drug-likeness (QED) is 0.265. The number of hydrogen-bond donors (Lipinski definition) is 0. The number of esters is 2. The monoisotopic (exact) mass is 369 g/mol. The zero-order valence-corrected chi connectivity index (χ0v) is 15.2. The Balaban J connectivity index is 3.42. The molecule has 0 aliphatic rings. The Bertz CT molecular complexity index is 630. The number of nitro groups is 1. The van der Waals surface area contributed by atoms with E-state index in [2.05, 4.69) is 9.47 Å². The lowest BCUT2D eigenvalue weighted by Gasteiger charge is -2.22. The Labute approximate surface area is 151 Å². The molecule has 0 aliphatic carbocycles. The summed E-state index contributed by atoms with van der Waals surface area (Å²) in [7, 11) is 2.20. The van der Waals surface area contributed by atoms with Gasteiger partial charge in [0, 0.05) is 4.92 Å². The summed E-state index contributed by atoms with van der Waals surface area (Å²) in [6.45, 7) is 3.69. The molecule has 0 radical (unpaired) electrons. The van der Waals surface area contributed by atoms with Crippen molar-refractivity contribution in [2.45, 2.75) is 19.8 Å². The molecule has 1 atom stereocenters. The molecule has 0 spiro atoms. The summed E-state index contributed by atoms with van der Waals surface area (Å²) in [5, 5.41) is 11.1. The van der Waals surface area contributed by atoms with Crippen molar-refractivity contribution in [2.75, 3.05) is 34.0 Å². The first kappa shape index (κ1) is 21.2. The van der Waals surface area contributed by atoms with Crippen LogP contribution in [0.2, 0.25) is 0 Å². The molecule has 9 heteroatoms. The van der Waals surface area contributed by atoms with E-state index in [-0.39, 0.29) is 0 Å². The number of carbonyl (C=O) groups is 2. The molecule has 26 heavy (non-hydrogen) atoms. The van der Waals surface area contributed by atoms with Gasteiger partial charge in [0.05, 0.1) is 33.4 Å². The van der Waals surface area contributed by atoms with Crippen molar-refractivity contribution in [3.8, 4) is 11.5 Å². The van der Waals surface area contributed by atoms with Gasteiger partial charge in [-0.05, 0) is 31.5 Å². The smallest absolute Gasteiger partial charge is 0.320 e. The molecular weight excluding hydrogens is 346 g/mol. The van der Waals surface area contributed by atoms with Gasteiger partial charge in [0.25, 0.3) is 0 Å². The molecule has 0 N–H and O–H groups in total. The van der Waals surface area contributed by atoms with E-state index < -0.39 is 35.2 Å². The first-order valence-corrected chi connectivity index (χ1v) is 8.06. The molecule has 1 aromatic carbocycles. The Morgan fingerprint density at radius 1 is 1.04 bits per heavy atom.